The number of carbonyl (C=O) groups is 2. The average molecular weight is 499 g/mol. The van der Waals surface area contributed by atoms with Crippen LogP contribution in [0.5, 0.6) is 0 Å². The lowest BCUT2D eigenvalue weighted by Crippen LogP contribution is -2.33. The highest BCUT2D eigenvalue weighted by Gasteiger charge is 2.30. The molecule has 0 radical (unpaired) electrons. The minimum absolute atomic E-state index is 0.149. The molecule has 1 saturated carbocycles. The Morgan fingerprint density at radius 3 is 2.43 bits per heavy atom. The number of alkyl carbamates (subject to hydrolysis) is 1. The minimum atomic E-state index is -0.612. The molecular formula is C31H34N2O4. The van der Waals surface area contributed by atoms with E-state index in [0.717, 1.165) is 23.7 Å². The van der Waals surface area contributed by atoms with Crippen LogP contribution in [0.3, 0.4) is 0 Å². The number of nitrogens with zero attached hydrogens (tertiary/aromatic N) is 1. The monoisotopic (exact) mass is 498 g/mol. The average Bonchev–Trinajstić information content (AvgIpc) is 3.66. The van der Waals surface area contributed by atoms with E-state index in [4.69, 9.17) is 9.47 Å². The highest BCUT2D eigenvalue weighted by Crippen LogP contribution is 2.47. The van der Waals surface area contributed by atoms with Crippen molar-refractivity contribution >= 4 is 33.7 Å². The molecule has 0 spiro atoms. The summed E-state index contributed by atoms with van der Waals surface area (Å²) in [5, 5.41) is 6.08. The van der Waals surface area contributed by atoms with Gasteiger partial charge in [0, 0.05) is 18.0 Å². The molecular weight excluding hydrogens is 464 g/mol. The van der Waals surface area contributed by atoms with Crippen LogP contribution < -0.4 is 5.32 Å². The highest BCUT2D eigenvalue weighted by atomic mass is 16.6. The maximum atomic E-state index is 13.2. The number of carbonyl (C=O) groups excluding carboxylic acids is 2. The molecule has 1 N–H and O–H groups in total. The molecule has 1 aliphatic rings. The van der Waals surface area contributed by atoms with Gasteiger partial charge in [0.15, 0.2) is 0 Å². The van der Waals surface area contributed by atoms with Gasteiger partial charge in [0.1, 0.15) is 5.60 Å². The zero-order chi connectivity index (χ0) is 26.3. The van der Waals surface area contributed by atoms with E-state index >= 15 is 0 Å². The van der Waals surface area contributed by atoms with Crippen molar-refractivity contribution in [2.24, 2.45) is 7.05 Å². The molecule has 0 atom stereocenters. The molecule has 0 saturated heterocycles. The largest absolute Gasteiger partial charge is 0.462 e. The molecule has 1 heterocycles. The zero-order valence-corrected chi connectivity index (χ0v) is 22.2. The molecule has 5 rings (SSSR count). The number of hydrogen-bond acceptors (Lipinski definition) is 4. The predicted octanol–water partition coefficient (Wildman–Crippen LogP) is 7.08. The van der Waals surface area contributed by atoms with Crippen LogP contribution in [0.4, 0.5) is 4.79 Å². The molecule has 1 amide bonds. The molecule has 0 bridgehead atoms. The van der Waals surface area contributed by atoms with E-state index in [1.807, 2.05) is 32.4 Å². The van der Waals surface area contributed by atoms with E-state index in [0.29, 0.717) is 17.2 Å². The molecule has 3 aromatic carbocycles. The second-order valence-corrected chi connectivity index (χ2v) is 10.7. The number of aryl methyl sites for hydroxylation is 1. The maximum Gasteiger partial charge on any atom is 0.407 e. The van der Waals surface area contributed by atoms with Gasteiger partial charge in [-0.2, -0.15) is 0 Å². The van der Waals surface area contributed by atoms with Crippen LogP contribution in [0.2, 0.25) is 0 Å². The van der Waals surface area contributed by atoms with E-state index in [2.05, 4.69) is 59.9 Å². The molecule has 4 aromatic rings. The predicted molar refractivity (Wildman–Crippen MR) is 147 cm³/mol. The van der Waals surface area contributed by atoms with Crippen molar-refractivity contribution in [1.29, 1.82) is 0 Å². The molecule has 192 valence electrons. The van der Waals surface area contributed by atoms with Gasteiger partial charge in [-0.1, -0.05) is 42.5 Å². The van der Waals surface area contributed by atoms with Gasteiger partial charge in [-0.05, 0) is 86.1 Å². The Balaban J connectivity index is 1.68. The normalized spacial score (nSPS) is 13.6. The van der Waals surface area contributed by atoms with Crippen molar-refractivity contribution in [2.45, 2.75) is 58.6 Å². The van der Waals surface area contributed by atoms with Crippen molar-refractivity contribution in [2.75, 3.05) is 6.61 Å². The number of esters is 1. The van der Waals surface area contributed by atoms with Gasteiger partial charge in [0.25, 0.3) is 0 Å². The maximum absolute atomic E-state index is 13.2. The summed E-state index contributed by atoms with van der Waals surface area (Å²) in [5.74, 6) is 0.0886. The summed E-state index contributed by atoms with van der Waals surface area (Å²) >= 11 is 0. The SMILES string of the molecule is CCOC(=O)c1c(CNC(=O)OC(C)(C)C)n(C)c2cc(-c3cccc4ccccc34)c(C3CC3)cc12. The van der Waals surface area contributed by atoms with Gasteiger partial charge in [-0.25, -0.2) is 9.59 Å². The minimum Gasteiger partial charge on any atom is -0.462 e. The summed E-state index contributed by atoms with van der Waals surface area (Å²) in [6.45, 7) is 7.69. The Bertz CT molecular complexity index is 1500. The van der Waals surface area contributed by atoms with Gasteiger partial charge < -0.3 is 19.4 Å². The van der Waals surface area contributed by atoms with E-state index in [9.17, 15) is 9.59 Å². The van der Waals surface area contributed by atoms with E-state index in [-0.39, 0.29) is 19.1 Å². The molecule has 1 aliphatic carbocycles. The lowest BCUT2D eigenvalue weighted by atomic mass is 9.91. The molecule has 37 heavy (non-hydrogen) atoms. The number of aromatic nitrogens is 1. The first-order valence-electron chi connectivity index (χ1n) is 12.9. The van der Waals surface area contributed by atoms with Crippen LogP contribution >= 0.6 is 0 Å². The van der Waals surface area contributed by atoms with Crippen LogP contribution in [-0.2, 0) is 23.1 Å². The van der Waals surface area contributed by atoms with E-state index in [1.54, 1.807) is 6.92 Å². The number of amides is 1. The number of ether oxygens (including phenoxy) is 2. The molecule has 6 heteroatoms. The summed E-state index contributed by atoms with van der Waals surface area (Å²) in [5.41, 5.74) is 5.14. The van der Waals surface area contributed by atoms with Crippen LogP contribution in [0.15, 0.2) is 54.6 Å². The van der Waals surface area contributed by atoms with Gasteiger partial charge in [0.05, 0.1) is 24.4 Å². The summed E-state index contributed by atoms with van der Waals surface area (Å²) in [4.78, 5) is 25.6. The lowest BCUT2D eigenvalue weighted by molar-refractivity contribution is 0.0502. The van der Waals surface area contributed by atoms with Gasteiger partial charge >= 0.3 is 12.1 Å². The third kappa shape index (κ3) is 4.93. The summed E-state index contributed by atoms with van der Waals surface area (Å²) in [6, 6.07) is 19.2. The zero-order valence-electron chi connectivity index (χ0n) is 22.2. The number of rotatable bonds is 6. The van der Waals surface area contributed by atoms with Gasteiger partial charge in [-0.3, -0.25) is 0 Å². The summed E-state index contributed by atoms with van der Waals surface area (Å²) in [7, 11) is 1.93. The fourth-order valence-electron chi connectivity index (χ4n) is 5.08. The Hall–Kier alpha value is -3.80. The van der Waals surface area contributed by atoms with Gasteiger partial charge in [0.2, 0.25) is 0 Å². The Labute approximate surface area is 217 Å². The quantitative estimate of drug-likeness (QED) is 0.289. The lowest BCUT2D eigenvalue weighted by Gasteiger charge is -2.20. The van der Waals surface area contributed by atoms with Crippen molar-refractivity contribution in [3.63, 3.8) is 0 Å². The summed E-state index contributed by atoms with van der Waals surface area (Å²) in [6.07, 6.45) is 1.75. The van der Waals surface area contributed by atoms with Gasteiger partial charge in [-0.15, -0.1) is 0 Å². The van der Waals surface area contributed by atoms with E-state index in [1.165, 1.54) is 27.5 Å². The fourth-order valence-corrected chi connectivity index (χ4v) is 5.08. The van der Waals surface area contributed by atoms with Crippen molar-refractivity contribution in [3.8, 4) is 11.1 Å². The standard InChI is InChI=1S/C31H34N2O4/c1-6-36-29(34)28-25-16-23(20-14-15-20)24(22-13-9-11-19-10-7-8-12-21(19)22)17-26(25)33(5)27(28)18-32-30(35)37-31(2,3)4/h7-13,16-17,20H,6,14-15,18H2,1-5H3,(H,32,35). The van der Waals surface area contributed by atoms with Crippen molar-refractivity contribution in [1.82, 2.24) is 9.88 Å². The number of hydrogen-bond donors (Lipinski definition) is 1. The first-order valence-corrected chi connectivity index (χ1v) is 12.9. The Kier molecular flexibility index (Phi) is 6.44. The molecule has 6 nitrogen and oxygen atoms in total. The Morgan fingerprint density at radius 2 is 1.73 bits per heavy atom. The third-order valence-corrected chi connectivity index (χ3v) is 6.87. The Morgan fingerprint density at radius 1 is 1.00 bits per heavy atom. The van der Waals surface area contributed by atoms with Crippen LogP contribution in [0, 0.1) is 0 Å². The third-order valence-electron chi connectivity index (χ3n) is 6.87. The van der Waals surface area contributed by atoms with E-state index < -0.39 is 11.7 Å². The molecule has 0 aliphatic heterocycles. The number of benzene rings is 3. The molecule has 1 fully saturated rings. The second kappa shape index (κ2) is 9.58. The fraction of sp³-hybridized carbons (Fsp3) is 0.355. The second-order valence-electron chi connectivity index (χ2n) is 10.7. The number of nitrogens with one attached hydrogen (secondary N) is 1. The number of fused-ring (bicyclic) bond motifs is 2. The summed E-state index contributed by atoms with van der Waals surface area (Å²) < 4.78 is 12.9. The topological polar surface area (TPSA) is 69.6 Å². The molecule has 1 aromatic heterocycles. The highest BCUT2D eigenvalue weighted by molar-refractivity contribution is 6.08. The smallest absolute Gasteiger partial charge is 0.407 e. The van der Waals surface area contributed by atoms with Crippen LogP contribution in [0.25, 0.3) is 32.8 Å². The first kappa shape index (κ1) is 24.9. The van der Waals surface area contributed by atoms with Crippen LogP contribution in [-0.4, -0.2) is 28.8 Å². The molecule has 0 unspecified atom stereocenters. The van der Waals surface area contributed by atoms with Crippen molar-refractivity contribution in [3.05, 3.63) is 71.4 Å². The first-order chi connectivity index (χ1) is 17.7. The van der Waals surface area contributed by atoms with Crippen LogP contribution in [0.1, 0.15) is 68.1 Å². The van der Waals surface area contributed by atoms with Crippen molar-refractivity contribution < 1.29 is 19.1 Å².